The summed E-state index contributed by atoms with van der Waals surface area (Å²) in [7, 11) is 1.59. The number of thioether (sulfide) groups is 1. The minimum absolute atomic E-state index is 0.189. The molecule has 0 bridgehead atoms. The van der Waals surface area contributed by atoms with Gasteiger partial charge >= 0.3 is 5.97 Å². The van der Waals surface area contributed by atoms with Crippen molar-refractivity contribution in [3.63, 3.8) is 0 Å². The van der Waals surface area contributed by atoms with E-state index in [2.05, 4.69) is 0 Å². The van der Waals surface area contributed by atoms with Gasteiger partial charge in [0, 0.05) is 16.0 Å². The highest BCUT2D eigenvalue weighted by molar-refractivity contribution is 7.98. The number of fused-ring (bicyclic) bond motifs is 1. The Morgan fingerprint density at radius 2 is 1.67 bits per heavy atom. The van der Waals surface area contributed by atoms with Gasteiger partial charge in [0.05, 0.1) is 35.6 Å². The summed E-state index contributed by atoms with van der Waals surface area (Å²) >= 11 is 2.89. The fraction of sp³-hybridized carbons (Fsp3) is 0.162. The first kappa shape index (κ1) is 31.1. The van der Waals surface area contributed by atoms with E-state index in [-0.39, 0.29) is 12.2 Å². The lowest BCUT2D eigenvalue weighted by atomic mass is 9.93. The van der Waals surface area contributed by atoms with Crippen LogP contribution in [0.1, 0.15) is 35.2 Å². The summed E-state index contributed by atoms with van der Waals surface area (Å²) in [5.74, 6) is 0.573. The number of nitrogens with zero attached hydrogens (tertiary/aromatic N) is 2. The molecular weight excluding hydrogens is 617 g/mol. The molecule has 0 radical (unpaired) electrons. The summed E-state index contributed by atoms with van der Waals surface area (Å²) in [6.07, 6.45) is 3.81. The van der Waals surface area contributed by atoms with Crippen molar-refractivity contribution < 1.29 is 19.0 Å². The van der Waals surface area contributed by atoms with Gasteiger partial charge in [0.1, 0.15) is 6.61 Å². The molecule has 7 nitrogen and oxygen atoms in total. The van der Waals surface area contributed by atoms with Crippen LogP contribution in [-0.2, 0) is 16.1 Å². The van der Waals surface area contributed by atoms with Crippen LogP contribution in [-0.4, -0.2) is 30.5 Å². The van der Waals surface area contributed by atoms with Gasteiger partial charge < -0.3 is 14.2 Å². The number of benzene rings is 4. The molecule has 0 saturated heterocycles. The molecular formula is C37H32N2O5S2. The minimum Gasteiger partial charge on any atom is -0.493 e. The van der Waals surface area contributed by atoms with Crippen molar-refractivity contribution in [2.24, 2.45) is 4.99 Å². The number of hydrogen-bond donors (Lipinski definition) is 0. The first-order valence-electron chi connectivity index (χ1n) is 14.8. The molecule has 2 heterocycles. The van der Waals surface area contributed by atoms with Crippen LogP contribution in [0.15, 0.2) is 123 Å². The lowest BCUT2D eigenvalue weighted by Crippen LogP contribution is -2.40. The number of esters is 1. The number of ether oxygens (including phenoxy) is 3. The second kappa shape index (κ2) is 14.1. The summed E-state index contributed by atoms with van der Waals surface area (Å²) in [6.45, 7) is 2.29. The Bertz CT molecular complexity index is 2070. The average molecular weight is 649 g/mol. The zero-order valence-corrected chi connectivity index (χ0v) is 27.3. The number of carbonyl (C=O) groups excluding carboxylic acids is 1. The Morgan fingerprint density at radius 3 is 2.35 bits per heavy atom. The van der Waals surface area contributed by atoms with Crippen LogP contribution in [0.5, 0.6) is 11.5 Å². The van der Waals surface area contributed by atoms with Gasteiger partial charge in [-0.2, -0.15) is 0 Å². The number of rotatable bonds is 10. The maximum Gasteiger partial charge on any atom is 0.338 e. The van der Waals surface area contributed by atoms with Gasteiger partial charge in [-0.05, 0) is 48.6 Å². The van der Waals surface area contributed by atoms with Crippen molar-refractivity contribution in [1.29, 1.82) is 0 Å². The highest BCUT2D eigenvalue weighted by Gasteiger charge is 2.35. The molecule has 0 fully saturated rings. The van der Waals surface area contributed by atoms with Crippen molar-refractivity contribution in [2.45, 2.75) is 24.5 Å². The van der Waals surface area contributed by atoms with Crippen molar-refractivity contribution in [2.75, 3.05) is 20.0 Å². The van der Waals surface area contributed by atoms with E-state index in [1.165, 1.54) is 11.3 Å². The van der Waals surface area contributed by atoms with Crippen molar-refractivity contribution >= 4 is 40.8 Å². The maximum absolute atomic E-state index is 14.4. The second-order valence-electron chi connectivity index (χ2n) is 10.4. The highest BCUT2D eigenvalue weighted by atomic mass is 32.2. The third-order valence-corrected chi connectivity index (χ3v) is 9.27. The molecule has 4 aromatic carbocycles. The summed E-state index contributed by atoms with van der Waals surface area (Å²) in [5, 5.41) is 0. The van der Waals surface area contributed by atoms with E-state index < -0.39 is 12.0 Å². The highest BCUT2D eigenvalue weighted by Crippen LogP contribution is 2.36. The van der Waals surface area contributed by atoms with Gasteiger partial charge in [-0.25, -0.2) is 9.79 Å². The van der Waals surface area contributed by atoms with Crippen LogP contribution in [0.3, 0.4) is 0 Å². The summed E-state index contributed by atoms with van der Waals surface area (Å²) in [6, 6.07) is 32.1. The van der Waals surface area contributed by atoms with E-state index >= 15 is 0 Å². The van der Waals surface area contributed by atoms with E-state index in [1.54, 1.807) is 36.4 Å². The molecule has 9 heteroatoms. The van der Waals surface area contributed by atoms with E-state index in [1.807, 2.05) is 109 Å². The van der Waals surface area contributed by atoms with Crippen molar-refractivity contribution in [1.82, 2.24) is 4.57 Å². The SMILES string of the molecule is CCOC(=O)C1=C(c2ccccc2)N=c2s/c(=C\c3cccc(OC)c3OCc3ccccc3)c(=O)n2[C@@H]1c1ccc(SC)cc1. The molecule has 1 aliphatic heterocycles. The molecule has 1 atom stereocenters. The number of para-hydroxylation sites is 1. The molecule has 5 aromatic rings. The first-order chi connectivity index (χ1) is 22.5. The lowest BCUT2D eigenvalue weighted by molar-refractivity contribution is -0.138. The summed E-state index contributed by atoms with van der Waals surface area (Å²) in [5.41, 5.74) is 3.77. The van der Waals surface area contributed by atoms with Crippen LogP contribution in [0.4, 0.5) is 0 Å². The molecule has 0 N–H and O–H groups in total. The number of hydrogen-bond acceptors (Lipinski definition) is 8. The number of thiazole rings is 1. The van der Waals surface area contributed by atoms with Crippen molar-refractivity contribution in [3.05, 3.63) is 151 Å². The fourth-order valence-corrected chi connectivity index (χ4v) is 6.77. The predicted molar refractivity (Wildman–Crippen MR) is 183 cm³/mol. The molecule has 0 unspecified atom stereocenters. The molecule has 0 saturated carbocycles. The summed E-state index contributed by atoms with van der Waals surface area (Å²) < 4.78 is 19.5. The predicted octanol–water partition coefficient (Wildman–Crippen LogP) is 6.25. The third kappa shape index (κ3) is 6.29. The molecule has 0 amide bonds. The zero-order chi connectivity index (χ0) is 32.0. The average Bonchev–Trinajstić information content (AvgIpc) is 3.41. The molecule has 0 spiro atoms. The van der Waals surface area contributed by atoms with Gasteiger partial charge in [-0.15, -0.1) is 11.8 Å². The van der Waals surface area contributed by atoms with E-state index in [0.717, 1.165) is 21.6 Å². The smallest absolute Gasteiger partial charge is 0.338 e. The van der Waals surface area contributed by atoms with Crippen LogP contribution in [0.2, 0.25) is 0 Å². The van der Waals surface area contributed by atoms with E-state index in [9.17, 15) is 9.59 Å². The van der Waals surface area contributed by atoms with Gasteiger partial charge in [-0.1, -0.05) is 96.3 Å². The maximum atomic E-state index is 14.4. The van der Waals surface area contributed by atoms with Gasteiger partial charge in [0.2, 0.25) is 0 Å². The Hall–Kier alpha value is -4.86. The Morgan fingerprint density at radius 1 is 0.957 bits per heavy atom. The zero-order valence-electron chi connectivity index (χ0n) is 25.6. The number of methoxy groups -OCH3 is 1. The monoisotopic (exact) mass is 648 g/mol. The Balaban J connectivity index is 1.56. The standard InChI is InChI=1S/C37H32N2O5S2/c1-4-43-36(41)31-32(25-14-9-6-10-15-25)38-37-39(33(31)26-18-20-28(45-3)21-19-26)35(40)30(46-37)22-27-16-11-17-29(42-2)34(27)44-23-24-12-7-5-8-13-24/h5-22,33H,4,23H2,1-3H3/b30-22-/t33-/m1/s1. The van der Waals surface area contributed by atoms with Crippen LogP contribution < -0.4 is 24.4 Å². The Labute approximate surface area is 275 Å². The third-order valence-electron chi connectivity index (χ3n) is 7.55. The van der Waals surface area contributed by atoms with Crippen LogP contribution in [0, 0.1) is 0 Å². The lowest BCUT2D eigenvalue weighted by Gasteiger charge is -2.26. The Kier molecular flexibility index (Phi) is 9.51. The van der Waals surface area contributed by atoms with Gasteiger partial charge in [-0.3, -0.25) is 9.36 Å². The fourth-order valence-electron chi connectivity index (χ4n) is 5.37. The molecule has 1 aliphatic rings. The normalized spacial score (nSPS) is 14.4. The van der Waals surface area contributed by atoms with E-state index in [0.29, 0.717) is 44.3 Å². The van der Waals surface area contributed by atoms with E-state index in [4.69, 9.17) is 19.2 Å². The molecule has 0 aliphatic carbocycles. The van der Waals surface area contributed by atoms with Crippen molar-refractivity contribution in [3.8, 4) is 11.5 Å². The molecule has 1 aromatic heterocycles. The number of carbonyl (C=O) groups is 1. The number of aromatic nitrogens is 1. The van der Waals surface area contributed by atoms with Crippen LogP contribution in [0.25, 0.3) is 11.8 Å². The largest absolute Gasteiger partial charge is 0.493 e. The summed E-state index contributed by atoms with van der Waals surface area (Å²) in [4.78, 5) is 34.6. The second-order valence-corrected chi connectivity index (χ2v) is 12.2. The van der Waals surface area contributed by atoms with Crippen LogP contribution >= 0.6 is 23.1 Å². The van der Waals surface area contributed by atoms with Gasteiger partial charge in [0.25, 0.3) is 5.56 Å². The van der Waals surface area contributed by atoms with Gasteiger partial charge in [0.15, 0.2) is 16.3 Å². The molecule has 6 rings (SSSR count). The molecule has 232 valence electrons. The first-order valence-corrected chi connectivity index (χ1v) is 16.8. The minimum atomic E-state index is -0.748. The quantitative estimate of drug-likeness (QED) is 0.132. The topological polar surface area (TPSA) is 79.1 Å². The molecule has 46 heavy (non-hydrogen) atoms.